The second-order valence-corrected chi connectivity index (χ2v) is 13.0. The lowest BCUT2D eigenvalue weighted by atomic mass is 9.72. The third-order valence-corrected chi connectivity index (χ3v) is 8.99. The zero-order valence-electron chi connectivity index (χ0n) is 22.4. The molecule has 0 spiro atoms. The van der Waals surface area contributed by atoms with Crippen LogP contribution in [0.2, 0.25) is 0 Å². The molecule has 0 saturated heterocycles. The van der Waals surface area contributed by atoms with Gasteiger partial charge in [-0.3, -0.25) is 9.59 Å². The van der Waals surface area contributed by atoms with E-state index in [4.69, 9.17) is 9.15 Å². The molecule has 7 nitrogen and oxygen atoms in total. The lowest BCUT2D eigenvalue weighted by Crippen LogP contribution is -2.27. The third kappa shape index (κ3) is 6.50. The van der Waals surface area contributed by atoms with Crippen molar-refractivity contribution in [3.63, 3.8) is 0 Å². The summed E-state index contributed by atoms with van der Waals surface area (Å²) in [5.41, 5.74) is 2.30. The van der Waals surface area contributed by atoms with Gasteiger partial charge in [0.15, 0.2) is 5.76 Å². The van der Waals surface area contributed by atoms with Gasteiger partial charge in [-0.05, 0) is 80.3 Å². The first-order valence-electron chi connectivity index (χ1n) is 12.8. The predicted octanol–water partition coefficient (Wildman–Crippen LogP) is 7.04. The monoisotopic (exact) mass is 554 g/mol. The first kappa shape index (κ1) is 28.0. The molecule has 2 unspecified atom stereocenters. The van der Waals surface area contributed by atoms with E-state index in [1.54, 1.807) is 25.1 Å². The highest BCUT2D eigenvalue weighted by atomic mass is 32.2. The molecule has 4 rings (SSSR count). The number of thiophene rings is 1. The van der Waals surface area contributed by atoms with Gasteiger partial charge in [0.1, 0.15) is 5.00 Å². The Balaban J connectivity index is 1.47. The van der Waals surface area contributed by atoms with Crippen LogP contribution < -0.4 is 10.6 Å². The van der Waals surface area contributed by atoms with Crippen LogP contribution in [0.3, 0.4) is 0 Å². The SMILES string of the molecule is CCOC(=O)c1c(NC(=O)C(C)Sc2cccc(NC(=O)c3ccco3)c2)sc2c1CCC(C(C)(C)C)C2. The van der Waals surface area contributed by atoms with Crippen molar-refractivity contribution in [1.29, 1.82) is 0 Å². The maximum atomic E-state index is 13.2. The van der Waals surface area contributed by atoms with Gasteiger partial charge >= 0.3 is 5.97 Å². The van der Waals surface area contributed by atoms with Crippen molar-refractivity contribution in [2.75, 3.05) is 17.2 Å². The van der Waals surface area contributed by atoms with Crippen molar-refractivity contribution in [2.24, 2.45) is 11.3 Å². The zero-order chi connectivity index (χ0) is 27.4. The molecule has 2 N–H and O–H groups in total. The number of ether oxygens (including phenoxy) is 1. The molecule has 1 aliphatic rings. The van der Waals surface area contributed by atoms with Gasteiger partial charge in [0.05, 0.1) is 23.7 Å². The van der Waals surface area contributed by atoms with Crippen molar-refractivity contribution < 1.29 is 23.5 Å². The number of hydrogen-bond donors (Lipinski definition) is 2. The van der Waals surface area contributed by atoms with Crippen molar-refractivity contribution in [3.05, 3.63) is 64.4 Å². The molecule has 2 amide bonds. The molecule has 202 valence electrons. The first-order valence-corrected chi connectivity index (χ1v) is 14.5. The molecule has 38 heavy (non-hydrogen) atoms. The number of nitrogens with one attached hydrogen (secondary N) is 2. The Hall–Kier alpha value is -3.04. The summed E-state index contributed by atoms with van der Waals surface area (Å²) in [6.45, 7) is 10.6. The molecule has 2 atom stereocenters. The van der Waals surface area contributed by atoms with Gasteiger partial charge in [-0.1, -0.05) is 26.8 Å². The van der Waals surface area contributed by atoms with Gasteiger partial charge in [0, 0.05) is 15.5 Å². The van der Waals surface area contributed by atoms with E-state index in [9.17, 15) is 14.4 Å². The Morgan fingerprint density at radius 2 is 1.97 bits per heavy atom. The Kier molecular flexibility index (Phi) is 8.67. The third-order valence-electron chi connectivity index (χ3n) is 6.73. The predicted molar refractivity (Wildman–Crippen MR) is 152 cm³/mol. The highest BCUT2D eigenvalue weighted by molar-refractivity contribution is 8.00. The molecule has 0 aliphatic heterocycles. The summed E-state index contributed by atoms with van der Waals surface area (Å²) in [7, 11) is 0. The molecule has 0 radical (unpaired) electrons. The normalized spacial score (nSPS) is 15.9. The average Bonchev–Trinajstić information content (AvgIpc) is 3.51. The number of anilines is 2. The van der Waals surface area contributed by atoms with Gasteiger partial charge in [0.2, 0.25) is 5.91 Å². The molecule has 0 saturated carbocycles. The summed E-state index contributed by atoms with van der Waals surface area (Å²) in [5, 5.41) is 5.95. The lowest BCUT2D eigenvalue weighted by molar-refractivity contribution is -0.115. The van der Waals surface area contributed by atoms with Crippen molar-refractivity contribution in [1.82, 2.24) is 0 Å². The molecule has 1 aromatic carbocycles. The Labute approximate surface area is 231 Å². The van der Waals surface area contributed by atoms with Gasteiger partial charge in [-0.15, -0.1) is 23.1 Å². The maximum Gasteiger partial charge on any atom is 0.341 e. The summed E-state index contributed by atoms with van der Waals surface area (Å²) in [6.07, 6.45) is 4.15. The van der Waals surface area contributed by atoms with E-state index >= 15 is 0 Å². The number of esters is 1. The van der Waals surface area contributed by atoms with Crippen LogP contribution in [0.1, 0.15) is 72.4 Å². The number of carbonyl (C=O) groups excluding carboxylic acids is 3. The average molecular weight is 555 g/mol. The number of carbonyl (C=O) groups is 3. The number of benzene rings is 1. The van der Waals surface area contributed by atoms with Crippen molar-refractivity contribution in [3.8, 4) is 0 Å². The van der Waals surface area contributed by atoms with Crippen LogP contribution in [-0.4, -0.2) is 29.6 Å². The number of amides is 2. The number of thioether (sulfide) groups is 1. The first-order chi connectivity index (χ1) is 18.1. The zero-order valence-corrected chi connectivity index (χ0v) is 24.0. The molecular formula is C29H34N2O5S2. The molecule has 0 fully saturated rings. The summed E-state index contributed by atoms with van der Waals surface area (Å²) in [5.74, 6) is -0.181. The fraction of sp³-hybridized carbons (Fsp3) is 0.414. The van der Waals surface area contributed by atoms with E-state index in [2.05, 4.69) is 31.4 Å². The van der Waals surface area contributed by atoms with Gasteiger partial charge < -0.3 is 19.8 Å². The topological polar surface area (TPSA) is 97.6 Å². The van der Waals surface area contributed by atoms with E-state index in [0.29, 0.717) is 22.2 Å². The fourth-order valence-corrected chi connectivity index (χ4v) is 6.80. The Morgan fingerprint density at radius 1 is 1.18 bits per heavy atom. The minimum Gasteiger partial charge on any atom is -0.462 e. The number of fused-ring (bicyclic) bond motifs is 1. The van der Waals surface area contributed by atoms with E-state index < -0.39 is 5.25 Å². The molecule has 3 aromatic rings. The molecule has 2 aromatic heterocycles. The van der Waals surface area contributed by atoms with Gasteiger partial charge in [-0.25, -0.2) is 4.79 Å². The maximum absolute atomic E-state index is 13.2. The fourth-order valence-electron chi connectivity index (χ4n) is 4.55. The van der Waals surface area contributed by atoms with Crippen molar-refractivity contribution in [2.45, 2.75) is 64.0 Å². The van der Waals surface area contributed by atoms with Crippen LogP contribution in [0.4, 0.5) is 10.7 Å². The second-order valence-electron chi connectivity index (χ2n) is 10.4. The largest absolute Gasteiger partial charge is 0.462 e. The number of rotatable bonds is 8. The number of furan rings is 1. The summed E-state index contributed by atoms with van der Waals surface area (Å²) >= 11 is 2.87. The molecule has 0 bridgehead atoms. The summed E-state index contributed by atoms with van der Waals surface area (Å²) in [4.78, 5) is 40.5. The van der Waals surface area contributed by atoms with Crippen LogP contribution in [-0.2, 0) is 22.4 Å². The summed E-state index contributed by atoms with van der Waals surface area (Å²) in [6, 6.07) is 10.6. The Bertz CT molecular complexity index is 1310. The Morgan fingerprint density at radius 3 is 2.66 bits per heavy atom. The van der Waals surface area contributed by atoms with Crippen LogP contribution in [0.5, 0.6) is 0 Å². The second kappa shape index (κ2) is 11.8. The standard InChI is InChI=1S/C29H34N2O5S2/c1-6-35-28(34)24-21-13-12-18(29(3,4)5)15-23(21)38-27(24)31-25(32)17(2)37-20-10-7-9-19(16-20)30-26(33)22-11-8-14-36-22/h7-11,14,16-18H,6,12-13,15H2,1-5H3,(H,30,33)(H,31,32). The smallest absolute Gasteiger partial charge is 0.341 e. The van der Waals surface area contributed by atoms with E-state index in [1.807, 2.05) is 25.1 Å². The minimum atomic E-state index is -0.442. The molecular weight excluding hydrogens is 520 g/mol. The van der Waals surface area contributed by atoms with Crippen LogP contribution in [0.25, 0.3) is 0 Å². The quantitative estimate of drug-likeness (QED) is 0.229. The van der Waals surface area contributed by atoms with Crippen molar-refractivity contribution >= 4 is 51.6 Å². The molecule has 2 heterocycles. The van der Waals surface area contributed by atoms with Crippen LogP contribution in [0.15, 0.2) is 52.0 Å². The highest BCUT2D eigenvalue weighted by Gasteiger charge is 2.34. The minimum absolute atomic E-state index is 0.173. The molecule has 1 aliphatic carbocycles. The highest BCUT2D eigenvalue weighted by Crippen LogP contribution is 2.44. The van der Waals surface area contributed by atoms with Crippen LogP contribution >= 0.6 is 23.1 Å². The molecule has 9 heteroatoms. The van der Waals surface area contributed by atoms with Gasteiger partial charge in [0.25, 0.3) is 5.91 Å². The van der Waals surface area contributed by atoms with E-state index in [-0.39, 0.29) is 35.6 Å². The van der Waals surface area contributed by atoms with Gasteiger partial charge in [-0.2, -0.15) is 0 Å². The van der Waals surface area contributed by atoms with E-state index in [1.165, 1.54) is 29.4 Å². The van der Waals surface area contributed by atoms with E-state index in [0.717, 1.165) is 34.6 Å². The lowest BCUT2D eigenvalue weighted by Gasteiger charge is -2.33. The summed E-state index contributed by atoms with van der Waals surface area (Å²) < 4.78 is 10.5. The number of hydrogen-bond acceptors (Lipinski definition) is 7. The van der Waals surface area contributed by atoms with Crippen LogP contribution in [0, 0.1) is 11.3 Å².